The van der Waals surface area contributed by atoms with Crippen LogP contribution in [-0.4, -0.2) is 29.6 Å². The van der Waals surface area contributed by atoms with Crippen molar-refractivity contribution in [1.82, 2.24) is 0 Å². The third-order valence-corrected chi connectivity index (χ3v) is 10.1. The highest BCUT2D eigenvalue weighted by atomic mass is 16.5. The summed E-state index contributed by atoms with van der Waals surface area (Å²) in [5.41, 5.74) is 1.65. The van der Waals surface area contributed by atoms with E-state index >= 15 is 0 Å². The van der Waals surface area contributed by atoms with Gasteiger partial charge in [0.05, 0.1) is 35.0 Å². The summed E-state index contributed by atoms with van der Waals surface area (Å²) in [6.07, 6.45) is 0. The minimum atomic E-state index is -1.48. The van der Waals surface area contributed by atoms with Crippen molar-refractivity contribution < 1.29 is 28.7 Å². The van der Waals surface area contributed by atoms with Crippen LogP contribution in [0, 0.1) is 48.9 Å². The molecule has 4 amide bonds. The van der Waals surface area contributed by atoms with Gasteiger partial charge in [0, 0.05) is 16.9 Å². The fourth-order valence-electron chi connectivity index (χ4n) is 8.36. The summed E-state index contributed by atoms with van der Waals surface area (Å²) in [5.74, 6) is -6.82. The summed E-state index contributed by atoms with van der Waals surface area (Å²) in [6.45, 7) is 7.07. The number of aryl methyl sites for hydroxylation is 2. The van der Waals surface area contributed by atoms with Crippen LogP contribution in [0.1, 0.15) is 25.0 Å². The molecule has 8 rings (SSSR count). The van der Waals surface area contributed by atoms with Gasteiger partial charge in [0.25, 0.3) is 0 Å². The molecule has 2 aliphatic heterocycles. The first kappa shape index (κ1) is 27.0. The lowest BCUT2D eigenvalue weighted by Gasteiger charge is -2.55. The van der Waals surface area contributed by atoms with Gasteiger partial charge in [-0.25, -0.2) is 14.6 Å². The Labute approximate surface area is 248 Å². The molecular formula is C35H30N2O6. The Morgan fingerprint density at radius 1 is 0.628 bits per heavy atom. The summed E-state index contributed by atoms with van der Waals surface area (Å²) in [6, 6.07) is 22.8. The fourth-order valence-corrected chi connectivity index (χ4v) is 8.36. The van der Waals surface area contributed by atoms with Gasteiger partial charge >= 0.3 is 5.97 Å². The van der Waals surface area contributed by atoms with Gasteiger partial charge in [-0.1, -0.05) is 67.1 Å². The monoisotopic (exact) mass is 574 g/mol. The van der Waals surface area contributed by atoms with Crippen LogP contribution in [0.2, 0.25) is 0 Å². The smallest absolute Gasteiger partial charge is 0.339 e. The van der Waals surface area contributed by atoms with Crippen molar-refractivity contribution in [3.05, 3.63) is 101 Å². The van der Waals surface area contributed by atoms with Crippen LogP contribution in [0.15, 0.2) is 90.0 Å². The molecule has 3 aromatic carbocycles. The second-order valence-corrected chi connectivity index (χ2v) is 12.2. The number of imide groups is 2. The van der Waals surface area contributed by atoms with Crippen LogP contribution in [0.5, 0.6) is 5.75 Å². The predicted octanol–water partition coefficient (Wildman–Crippen LogP) is 4.79. The molecule has 216 valence electrons. The highest BCUT2D eigenvalue weighted by molar-refractivity contribution is 6.28. The van der Waals surface area contributed by atoms with Crippen molar-refractivity contribution in [1.29, 1.82) is 0 Å². The minimum Gasteiger partial charge on any atom is -0.423 e. The molecule has 43 heavy (non-hydrogen) atoms. The maximum absolute atomic E-state index is 14.4. The molecule has 4 unspecified atom stereocenters. The van der Waals surface area contributed by atoms with Crippen molar-refractivity contribution >= 4 is 41.0 Å². The number of esters is 1. The molecule has 1 saturated carbocycles. The van der Waals surface area contributed by atoms with Crippen molar-refractivity contribution in [3.8, 4) is 5.75 Å². The first-order valence-corrected chi connectivity index (χ1v) is 14.4. The Kier molecular flexibility index (Phi) is 5.86. The molecule has 0 N–H and O–H groups in total. The van der Waals surface area contributed by atoms with Gasteiger partial charge in [0.1, 0.15) is 5.75 Å². The second-order valence-electron chi connectivity index (χ2n) is 12.2. The zero-order valence-electron chi connectivity index (χ0n) is 24.2. The van der Waals surface area contributed by atoms with Crippen LogP contribution in [0.25, 0.3) is 0 Å². The van der Waals surface area contributed by atoms with Gasteiger partial charge < -0.3 is 4.74 Å². The molecule has 3 aromatic rings. The van der Waals surface area contributed by atoms with E-state index in [0.29, 0.717) is 22.7 Å². The van der Waals surface area contributed by atoms with E-state index in [4.69, 9.17) is 4.74 Å². The van der Waals surface area contributed by atoms with Gasteiger partial charge in [0.15, 0.2) is 0 Å². The molecule has 0 radical (unpaired) electrons. The predicted molar refractivity (Wildman–Crippen MR) is 158 cm³/mol. The SMILES string of the molecule is CC1=C(C(=O)Oc2ccccc2)C2(C)C3C(=O)N(c4ccccc4C)C(=O)C3C1C1C(=O)N(c3ccccc3C)C(=O)C12. The number of carbonyl (C=O) groups is 5. The number of benzene rings is 3. The van der Waals surface area contributed by atoms with Crippen LogP contribution >= 0.6 is 0 Å². The first-order valence-electron chi connectivity index (χ1n) is 14.4. The summed E-state index contributed by atoms with van der Waals surface area (Å²) in [5, 5.41) is 0. The lowest BCUT2D eigenvalue weighted by Crippen LogP contribution is -2.61. The number of allylic oxidation sites excluding steroid dienone is 1. The highest BCUT2D eigenvalue weighted by Crippen LogP contribution is 2.69. The average molecular weight is 575 g/mol. The van der Waals surface area contributed by atoms with Crippen molar-refractivity contribution in [2.24, 2.45) is 35.0 Å². The highest BCUT2D eigenvalue weighted by Gasteiger charge is 2.77. The van der Waals surface area contributed by atoms with Gasteiger partial charge in [-0.05, 0) is 56.2 Å². The fraction of sp³-hybridized carbons (Fsp3) is 0.286. The van der Waals surface area contributed by atoms with E-state index in [1.165, 1.54) is 9.80 Å². The topological polar surface area (TPSA) is 101 Å². The third kappa shape index (κ3) is 3.46. The lowest BCUT2D eigenvalue weighted by molar-refractivity contribution is -0.152. The first-order chi connectivity index (χ1) is 20.6. The molecule has 4 atom stereocenters. The quantitative estimate of drug-likeness (QED) is 0.252. The van der Waals surface area contributed by atoms with Gasteiger partial charge in [0.2, 0.25) is 23.6 Å². The normalized spacial score (nSPS) is 29.3. The zero-order chi connectivity index (χ0) is 30.4. The number of carbonyl (C=O) groups excluding carboxylic acids is 5. The van der Waals surface area contributed by atoms with Crippen LogP contribution in [-0.2, 0) is 24.0 Å². The Hall–Kier alpha value is -4.85. The van der Waals surface area contributed by atoms with Crippen LogP contribution in [0.4, 0.5) is 11.4 Å². The number of rotatable bonds is 4. The standard InChI is InChI=1S/C35H30N2O6/c1-18-12-8-10-16-22(18)36-30(38)25-24-20(3)27(34(42)43-21-14-6-5-7-15-21)35(4,28(25)32(36)40)29-26(24)31(39)37(33(29)41)23-17-11-9-13-19(23)2/h5-17,24-26,28-29H,1-4H3. The van der Waals surface area contributed by atoms with E-state index < -0.39 is 64.6 Å². The molecule has 2 heterocycles. The Balaban J connectivity index is 1.42. The lowest BCUT2D eigenvalue weighted by atomic mass is 9.43. The third-order valence-electron chi connectivity index (χ3n) is 10.1. The van der Waals surface area contributed by atoms with Crippen molar-refractivity contribution in [2.45, 2.75) is 27.7 Å². The molecular weight excluding hydrogens is 544 g/mol. The van der Waals surface area contributed by atoms with E-state index in [0.717, 1.165) is 11.1 Å². The largest absolute Gasteiger partial charge is 0.423 e. The number of ether oxygens (including phenoxy) is 1. The number of nitrogens with zero attached hydrogens (tertiary/aromatic N) is 2. The van der Waals surface area contributed by atoms with Crippen LogP contribution < -0.4 is 14.5 Å². The number of amides is 4. The molecule has 8 heteroatoms. The minimum absolute atomic E-state index is 0.199. The molecule has 2 bridgehead atoms. The van der Waals surface area contributed by atoms with Crippen molar-refractivity contribution in [3.63, 3.8) is 0 Å². The number of para-hydroxylation sites is 3. The van der Waals surface area contributed by atoms with Gasteiger partial charge in [-0.15, -0.1) is 0 Å². The maximum Gasteiger partial charge on any atom is 0.339 e. The Morgan fingerprint density at radius 2 is 1.07 bits per heavy atom. The number of anilines is 2. The second kappa shape index (κ2) is 9.33. The van der Waals surface area contributed by atoms with E-state index in [-0.39, 0.29) is 5.57 Å². The van der Waals surface area contributed by atoms with E-state index in [9.17, 15) is 24.0 Å². The van der Waals surface area contributed by atoms with E-state index in [1.807, 2.05) is 38.1 Å². The summed E-state index contributed by atoms with van der Waals surface area (Å²) in [7, 11) is 0. The molecule has 8 nitrogen and oxygen atoms in total. The molecule has 0 spiro atoms. The molecule has 0 aromatic heterocycles. The summed E-state index contributed by atoms with van der Waals surface area (Å²) < 4.78 is 5.81. The Bertz CT molecular complexity index is 1700. The van der Waals surface area contributed by atoms with Gasteiger partial charge in [-0.3, -0.25) is 19.2 Å². The summed E-state index contributed by atoms with van der Waals surface area (Å²) >= 11 is 0. The zero-order valence-corrected chi connectivity index (χ0v) is 24.2. The molecule has 2 saturated heterocycles. The van der Waals surface area contributed by atoms with E-state index in [2.05, 4.69) is 0 Å². The number of hydrogen-bond acceptors (Lipinski definition) is 6. The maximum atomic E-state index is 14.4. The molecule has 5 aliphatic rings. The average Bonchev–Trinajstić information content (AvgIpc) is 3.40. The van der Waals surface area contributed by atoms with Gasteiger partial charge in [-0.2, -0.15) is 0 Å². The van der Waals surface area contributed by atoms with Crippen molar-refractivity contribution in [2.75, 3.05) is 9.80 Å². The molecule has 3 aliphatic carbocycles. The summed E-state index contributed by atoms with van der Waals surface area (Å²) in [4.78, 5) is 73.9. The van der Waals surface area contributed by atoms with Crippen LogP contribution in [0.3, 0.4) is 0 Å². The van der Waals surface area contributed by atoms with E-state index in [1.54, 1.807) is 68.4 Å². The molecule has 3 fully saturated rings. The number of hydrogen-bond donors (Lipinski definition) is 0. The Morgan fingerprint density at radius 3 is 1.53 bits per heavy atom.